The van der Waals surface area contributed by atoms with Crippen LogP contribution in [0.5, 0.6) is 0 Å². The van der Waals surface area contributed by atoms with Crippen molar-refractivity contribution in [2.75, 3.05) is 4.90 Å². The SMILES string of the molecule is CC(C)(C)C1=CC(C(C)(C)C)CC(c2cccc3cccc(-c4ccccc4N(c4ccc5c(c4)oc4ccccc45)c4cc(-c5cccc6ccccc56)ccc4-c4ccccc4)c23)=C1. The molecule has 10 aromatic rings. The topological polar surface area (TPSA) is 16.4 Å². The molecule has 11 rings (SSSR count). The highest BCUT2D eigenvalue weighted by atomic mass is 16.3. The smallest absolute Gasteiger partial charge is 0.137 e. The molecule has 0 saturated carbocycles. The molecule has 1 aliphatic carbocycles. The van der Waals surface area contributed by atoms with Gasteiger partial charge in [0.15, 0.2) is 0 Å². The van der Waals surface area contributed by atoms with Crippen LogP contribution in [0.2, 0.25) is 0 Å². The van der Waals surface area contributed by atoms with Gasteiger partial charge in [-0.3, -0.25) is 0 Å². The van der Waals surface area contributed by atoms with Gasteiger partial charge in [0.05, 0.1) is 11.4 Å². The molecule has 1 heterocycles. The zero-order valence-electron chi connectivity index (χ0n) is 38.8. The normalized spacial score (nSPS) is 14.5. The summed E-state index contributed by atoms with van der Waals surface area (Å²) in [5.74, 6) is 0.413. The van der Waals surface area contributed by atoms with E-state index in [2.05, 4.69) is 247 Å². The quantitative estimate of drug-likeness (QED) is 0.159. The Bertz CT molecular complexity index is 3520. The number of nitrogens with zero attached hydrogens (tertiary/aromatic N) is 1. The Kier molecular flexibility index (Phi) is 10.2. The van der Waals surface area contributed by atoms with E-state index in [1.165, 1.54) is 49.4 Å². The third-order valence-electron chi connectivity index (χ3n) is 13.9. The average molecular weight is 854 g/mol. The zero-order valence-corrected chi connectivity index (χ0v) is 38.8. The van der Waals surface area contributed by atoms with Crippen LogP contribution in [-0.4, -0.2) is 0 Å². The van der Waals surface area contributed by atoms with Gasteiger partial charge in [0.1, 0.15) is 11.2 Å². The fourth-order valence-electron chi connectivity index (χ4n) is 10.2. The number of hydrogen-bond donors (Lipinski definition) is 0. The number of hydrogen-bond acceptors (Lipinski definition) is 2. The van der Waals surface area contributed by atoms with Gasteiger partial charge in [0.2, 0.25) is 0 Å². The van der Waals surface area contributed by atoms with Crippen LogP contribution in [0.25, 0.3) is 82.4 Å². The molecule has 0 bridgehead atoms. The monoisotopic (exact) mass is 853 g/mol. The molecule has 0 fully saturated rings. The molecule has 0 aliphatic heterocycles. The Morgan fingerprint density at radius 2 is 1.09 bits per heavy atom. The van der Waals surface area contributed by atoms with Crippen molar-refractivity contribution in [3.05, 3.63) is 217 Å². The van der Waals surface area contributed by atoms with Crippen LogP contribution in [0.1, 0.15) is 53.5 Å². The predicted octanol–water partition coefficient (Wildman–Crippen LogP) is 18.8. The molecule has 1 aliphatic rings. The van der Waals surface area contributed by atoms with Crippen LogP contribution >= 0.6 is 0 Å². The lowest BCUT2D eigenvalue weighted by Crippen LogP contribution is -2.23. The maximum Gasteiger partial charge on any atom is 0.137 e. The molecule has 2 nitrogen and oxygen atoms in total. The first kappa shape index (κ1) is 41.3. The van der Waals surface area contributed by atoms with Crippen molar-refractivity contribution < 1.29 is 4.42 Å². The predicted molar refractivity (Wildman–Crippen MR) is 283 cm³/mol. The van der Waals surface area contributed by atoms with Crippen LogP contribution in [0.4, 0.5) is 17.1 Å². The second-order valence-corrected chi connectivity index (χ2v) is 20.2. The maximum atomic E-state index is 6.65. The molecule has 0 N–H and O–H groups in total. The third kappa shape index (κ3) is 7.41. The highest BCUT2D eigenvalue weighted by molar-refractivity contribution is 6.10. The second kappa shape index (κ2) is 16.2. The molecule has 0 radical (unpaired) electrons. The van der Waals surface area contributed by atoms with E-state index in [9.17, 15) is 0 Å². The van der Waals surface area contributed by atoms with E-state index in [0.29, 0.717) is 5.92 Å². The van der Waals surface area contributed by atoms with Crippen molar-refractivity contribution in [2.24, 2.45) is 16.7 Å². The van der Waals surface area contributed by atoms with Gasteiger partial charge < -0.3 is 9.32 Å². The number of furan rings is 1. The molecule has 1 atom stereocenters. The molecule has 0 saturated heterocycles. The third-order valence-corrected chi connectivity index (χ3v) is 13.9. The van der Waals surface area contributed by atoms with Gasteiger partial charge in [0, 0.05) is 33.7 Å². The van der Waals surface area contributed by atoms with Gasteiger partial charge in [-0.2, -0.15) is 0 Å². The first-order valence-electron chi connectivity index (χ1n) is 23.4. The zero-order chi connectivity index (χ0) is 45.2. The Morgan fingerprint density at radius 1 is 0.455 bits per heavy atom. The van der Waals surface area contributed by atoms with Crippen LogP contribution < -0.4 is 4.90 Å². The van der Waals surface area contributed by atoms with E-state index < -0.39 is 0 Å². The molecule has 0 spiro atoms. The number of benzene rings is 9. The Morgan fingerprint density at radius 3 is 1.88 bits per heavy atom. The van der Waals surface area contributed by atoms with E-state index in [1.54, 1.807) is 0 Å². The number of anilines is 3. The number of rotatable bonds is 7. The van der Waals surface area contributed by atoms with E-state index in [4.69, 9.17) is 4.42 Å². The maximum absolute atomic E-state index is 6.65. The van der Waals surface area contributed by atoms with E-state index >= 15 is 0 Å². The fraction of sp³-hybridized carbons (Fsp3) is 0.156. The van der Waals surface area contributed by atoms with Crippen molar-refractivity contribution in [3.8, 4) is 33.4 Å². The first-order valence-corrected chi connectivity index (χ1v) is 23.4. The number of fused-ring (bicyclic) bond motifs is 5. The Hall–Kier alpha value is -7.42. The van der Waals surface area contributed by atoms with Crippen molar-refractivity contribution in [1.82, 2.24) is 0 Å². The summed E-state index contributed by atoms with van der Waals surface area (Å²) in [6, 6.07) is 71.0. The lowest BCUT2D eigenvalue weighted by molar-refractivity contribution is 0.292. The van der Waals surface area contributed by atoms with Gasteiger partial charge in [-0.15, -0.1) is 0 Å². The number of allylic oxidation sites excluding steroid dienone is 4. The Balaban J connectivity index is 1.19. The summed E-state index contributed by atoms with van der Waals surface area (Å²) >= 11 is 0. The molecule has 66 heavy (non-hydrogen) atoms. The molecule has 0 amide bonds. The van der Waals surface area contributed by atoms with Crippen LogP contribution in [-0.2, 0) is 0 Å². The van der Waals surface area contributed by atoms with Gasteiger partial charge in [-0.25, -0.2) is 0 Å². The Labute approximate surface area is 389 Å². The molecule has 322 valence electrons. The van der Waals surface area contributed by atoms with E-state index in [0.717, 1.165) is 67.7 Å². The van der Waals surface area contributed by atoms with Crippen molar-refractivity contribution in [1.29, 1.82) is 0 Å². The summed E-state index contributed by atoms with van der Waals surface area (Å²) in [5.41, 5.74) is 16.2. The molecular formula is C64H55NO. The largest absolute Gasteiger partial charge is 0.456 e. The summed E-state index contributed by atoms with van der Waals surface area (Å²) in [6.07, 6.45) is 6.04. The lowest BCUT2D eigenvalue weighted by atomic mass is 9.69. The van der Waals surface area contributed by atoms with Crippen molar-refractivity contribution in [2.45, 2.75) is 48.0 Å². The first-order chi connectivity index (χ1) is 32.0. The van der Waals surface area contributed by atoms with Crippen LogP contribution in [0.15, 0.2) is 216 Å². The van der Waals surface area contributed by atoms with Crippen LogP contribution in [0.3, 0.4) is 0 Å². The van der Waals surface area contributed by atoms with E-state index in [1.807, 2.05) is 6.07 Å². The fourth-order valence-corrected chi connectivity index (χ4v) is 10.2. The van der Waals surface area contributed by atoms with Gasteiger partial charge in [-0.05, 0) is 114 Å². The summed E-state index contributed by atoms with van der Waals surface area (Å²) in [5, 5.41) is 7.19. The summed E-state index contributed by atoms with van der Waals surface area (Å²) in [4.78, 5) is 2.48. The van der Waals surface area contributed by atoms with E-state index in [-0.39, 0.29) is 10.8 Å². The molecule has 1 unspecified atom stereocenters. The minimum Gasteiger partial charge on any atom is -0.456 e. The summed E-state index contributed by atoms with van der Waals surface area (Å²) in [6.45, 7) is 14.2. The minimum atomic E-state index is 0.0215. The minimum absolute atomic E-state index is 0.0215. The van der Waals surface area contributed by atoms with Crippen molar-refractivity contribution >= 4 is 66.1 Å². The molecule has 1 aromatic heterocycles. The van der Waals surface area contributed by atoms with Crippen molar-refractivity contribution in [3.63, 3.8) is 0 Å². The molecule has 2 heteroatoms. The van der Waals surface area contributed by atoms with Gasteiger partial charge in [0.25, 0.3) is 0 Å². The molecular weight excluding hydrogens is 799 g/mol. The average Bonchev–Trinajstić information content (AvgIpc) is 3.71. The van der Waals surface area contributed by atoms with Crippen LogP contribution in [0, 0.1) is 16.7 Å². The summed E-state index contributed by atoms with van der Waals surface area (Å²) in [7, 11) is 0. The van der Waals surface area contributed by atoms with Gasteiger partial charge in [-0.1, -0.05) is 211 Å². The summed E-state index contributed by atoms with van der Waals surface area (Å²) < 4.78 is 6.65. The van der Waals surface area contributed by atoms with Gasteiger partial charge >= 0.3 is 0 Å². The standard InChI is InChI=1S/C64H55NO/c1-63(2,3)47-37-46(38-48(40-47)64(4,5)6)53-29-17-23-44-24-18-30-57(62(44)53)54-26-12-14-31-58(54)65(49-34-36-56-55-27-13-15-32-60(55)66-61(56)41-49)59-39-45(33-35-52(59)43-19-8-7-9-20-43)51-28-16-22-42-21-10-11-25-50(42)51/h7-37,39-41,48H,38H2,1-6H3. The molecule has 9 aromatic carbocycles. The lowest BCUT2D eigenvalue weighted by Gasteiger charge is -2.36. The highest BCUT2D eigenvalue weighted by Gasteiger charge is 2.31. The highest BCUT2D eigenvalue weighted by Crippen LogP contribution is 2.50. The number of para-hydroxylation sites is 2. The second-order valence-electron chi connectivity index (χ2n) is 20.2.